The first-order valence-electron chi connectivity index (χ1n) is 4.15. The topological polar surface area (TPSA) is 37.3 Å². The van der Waals surface area contributed by atoms with Gasteiger partial charge in [-0.05, 0) is 31.5 Å². The molecule has 0 amide bonds. The van der Waals surface area contributed by atoms with Crippen molar-refractivity contribution in [2.75, 3.05) is 0 Å². The van der Waals surface area contributed by atoms with Gasteiger partial charge in [-0.25, -0.2) is 0 Å². The van der Waals surface area contributed by atoms with Gasteiger partial charge in [-0.2, -0.15) is 13.2 Å². The molecule has 1 aromatic rings. The van der Waals surface area contributed by atoms with Crippen LogP contribution in [0.4, 0.5) is 13.2 Å². The summed E-state index contributed by atoms with van der Waals surface area (Å²) in [5.74, 6) is -1.32. The van der Waals surface area contributed by atoms with E-state index in [1.54, 1.807) is 0 Å². The first-order valence-corrected chi connectivity index (χ1v) is 4.15. The Morgan fingerprint density at radius 3 is 2.27 bits per heavy atom. The Morgan fingerprint density at radius 1 is 1.33 bits per heavy atom. The fraction of sp³-hybridized carbons (Fsp3) is 0.300. The summed E-state index contributed by atoms with van der Waals surface area (Å²) in [6.07, 6.45) is -4.65. The molecule has 0 aliphatic rings. The maximum Gasteiger partial charge on any atom is 0.419 e. The number of aromatic hydroxyl groups is 1. The number of Topliss-reactive ketones (excluding diaryl/α,β-unsaturated/α-hetero) is 1. The summed E-state index contributed by atoms with van der Waals surface area (Å²) in [5, 5.41) is 9.10. The van der Waals surface area contributed by atoms with Crippen LogP contribution in [0.25, 0.3) is 0 Å². The monoisotopic (exact) mass is 218 g/mol. The quantitative estimate of drug-likeness (QED) is 0.736. The summed E-state index contributed by atoms with van der Waals surface area (Å²) < 4.78 is 37.1. The molecule has 15 heavy (non-hydrogen) atoms. The molecule has 0 aliphatic carbocycles. The molecule has 0 fully saturated rings. The van der Waals surface area contributed by atoms with E-state index in [1.807, 2.05) is 0 Å². The van der Waals surface area contributed by atoms with Gasteiger partial charge >= 0.3 is 6.18 Å². The first-order chi connectivity index (χ1) is 6.73. The third kappa shape index (κ3) is 2.29. The third-order valence-electron chi connectivity index (χ3n) is 2.03. The second-order valence-electron chi connectivity index (χ2n) is 3.24. The fourth-order valence-corrected chi connectivity index (χ4v) is 1.30. The molecule has 1 aromatic carbocycles. The lowest BCUT2D eigenvalue weighted by atomic mass is 10.0. The molecule has 1 N–H and O–H groups in total. The second kappa shape index (κ2) is 3.56. The van der Waals surface area contributed by atoms with Gasteiger partial charge in [0.2, 0.25) is 0 Å². The van der Waals surface area contributed by atoms with Crippen LogP contribution in [0.15, 0.2) is 12.1 Å². The number of ketones is 1. The normalized spacial score (nSPS) is 11.5. The number of benzene rings is 1. The van der Waals surface area contributed by atoms with E-state index >= 15 is 0 Å². The second-order valence-corrected chi connectivity index (χ2v) is 3.24. The van der Waals surface area contributed by atoms with Crippen LogP contribution in [0.5, 0.6) is 5.75 Å². The number of rotatable bonds is 1. The number of hydrogen-bond acceptors (Lipinski definition) is 2. The highest BCUT2D eigenvalue weighted by Crippen LogP contribution is 2.37. The van der Waals surface area contributed by atoms with Gasteiger partial charge in [-0.1, -0.05) is 0 Å². The Kier molecular flexibility index (Phi) is 2.75. The Bertz CT molecular complexity index is 408. The average molecular weight is 218 g/mol. The molecule has 1 rings (SSSR count). The number of phenolic OH excluding ortho intramolecular Hbond substituents is 1. The Hall–Kier alpha value is -1.52. The van der Waals surface area contributed by atoms with E-state index in [4.69, 9.17) is 5.11 Å². The number of aryl methyl sites for hydroxylation is 1. The molecular formula is C10H9F3O2. The zero-order chi connectivity index (χ0) is 11.8. The van der Waals surface area contributed by atoms with Crippen molar-refractivity contribution in [2.45, 2.75) is 20.0 Å². The van der Waals surface area contributed by atoms with Crippen molar-refractivity contribution >= 4 is 5.78 Å². The predicted octanol–water partition coefficient (Wildman–Crippen LogP) is 2.92. The number of carbonyl (C=O) groups is 1. The predicted molar refractivity (Wildman–Crippen MR) is 47.9 cm³/mol. The Balaban J connectivity index is 3.43. The zero-order valence-corrected chi connectivity index (χ0v) is 8.14. The van der Waals surface area contributed by atoms with Crippen LogP contribution >= 0.6 is 0 Å². The van der Waals surface area contributed by atoms with Gasteiger partial charge in [0.1, 0.15) is 5.75 Å². The fourth-order valence-electron chi connectivity index (χ4n) is 1.30. The number of hydrogen-bond donors (Lipinski definition) is 1. The van der Waals surface area contributed by atoms with Gasteiger partial charge in [0.15, 0.2) is 5.78 Å². The van der Waals surface area contributed by atoms with E-state index in [9.17, 15) is 18.0 Å². The van der Waals surface area contributed by atoms with Crippen molar-refractivity contribution in [1.29, 1.82) is 0 Å². The summed E-state index contributed by atoms with van der Waals surface area (Å²) in [4.78, 5) is 11.0. The maximum absolute atomic E-state index is 12.4. The molecule has 82 valence electrons. The van der Waals surface area contributed by atoms with E-state index in [-0.39, 0.29) is 5.56 Å². The van der Waals surface area contributed by atoms with Crippen LogP contribution in [0.1, 0.15) is 28.4 Å². The summed E-state index contributed by atoms with van der Waals surface area (Å²) >= 11 is 0. The molecule has 0 saturated carbocycles. The lowest BCUT2D eigenvalue weighted by Crippen LogP contribution is -2.08. The molecule has 0 atom stereocenters. The lowest BCUT2D eigenvalue weighted by Gasteiger charge is -2.11. The first kappa shape index (κ1) is 11.6. The molecule has 5 heteroatoms. The van der Waals surface area contributed by atoms with Crippen LogP contribution in [-0.4, -0.2) is 10.9 Å². The molecule has 0 aliphatic heterocycles. The molecule has 0 aromatic heterocycles. The van der Waals surface area contributed by atoms with Gasteiger partial charge < -0.3 is 5.11 Å². The molecule has 0 radical (unpaired) electrons. The van der Waals surface area contributed by atoms with Crippen molar-refractivity contribution in [2.24, 2.45) is 0 Å². The van der Waals surface area contributed by atoms with Gasteiger partial charge in [-0.15, -0.1) is 0 Å². The molecule has 2 nitrogen and oxygen atoms in total. The average Bonchev–Trinajstić information content (AvgIpc) is 2.00. The smallest absolute Gasteiger partial charge is 0.419 e. The minimum atomic E-state index is -4.65. The number of alkyl halides is 3. The molecule has 0 heterocycles. The summed E-state index contributed by atoms with van der Waals surface area (Å²) in [5.41, 5.74) is -0.883. The Morgan fingerprint density at radius 2 is 1.87 bits per heavy atom. The molecule has 0 spiro atoms. The summed E-state index contributed by atoms with van der Waals surface area (Å²) in [7, 11) is 0. The molecule has 0 bridgehead atoms. The van der Waals surface area contributed by atoms with Crippen molar-refractivity contribution in [3.8, 4) is 5.75 Å². The molecule has 0 unspecified atom stereocenters. The van der Waals surface area contributed by atoms with E-state index in [0.29, 0.717) is 11.6 Å². The van der Waals surface area contributed by atoms with Crippen LogP contribution in [0.2, 0.25) is 0 Å². The SMILES string of the molecule is CC(=O)c1cc(C(F)(F)F)c(O)cc1C. The van der Waals surface area contributed by atoms with Crippen LogP contribution in [0, 0.1) is 6.92 Å². The minimum absolute atomic E-state index is 0.0277. The third-order valence-corrected chi connectivity index (χ3v) is 2.03. The van der Waals surface area contributed by atoms with E-state index < -0.39 is 23.3 Å². The van der Waals surface area contributed by atoms with Gasteiger partial charge in [0.05, 0.1) is 5.56 Å². The molecule has 0 saturated heterocycles. The van der Waals surface area contributed by atoms with Crippen molar-refractivity contribution in [3.05, 3.63) is 28.8 Å². The van der Waals surface area contributed by atoms with Crippen molar-refractivity contribution < 1.29 is 23.1 Å². The van der Waals surface area contributed by atoms with Crippen LogP contribution in [0.3, 0.4) is 0 Å². The zero-order valence-electron chi connectivity index (χ0n) is 8.14. The summed E-state index contributed by atoms with van der Waals surface area (Å²) in [6, 6.07) is 1.62. The van der Waals surface area contributed by atoms with Crippen LogP contribution in [-0.2, 0) is 6.18 Å². The molecular weight excluding hydrogens is 209 g/mol. The van der Waals surface area contributed by atoms with Gasteiger partial charge in [-0.3, -0.25) is 4.79 Å². The van der Waals surface area contributed by atoms with Crippen molar-refractivity contribution in [1.82, 2.24) is 0 Å². The highest BCUT2D eigenvalue weighted by atomic mass is 19.4. The summed E-state index contributed by atoms with van der Waals surface area (Å²) in [6.45, 7) is 2.65. The minimum Gasteiger partial charge on any atom is -0.507 e. The van der Waals surface area contributed by atoms with Crippen LogP contribution < -0.4 is 0 Å². The highest BCUT2D eigenvalue weighted by molar-refractivity contribution is 5.96. The largest absolute Gasteiger partial charge is 0.507 e. The standard InChI is InChI=1S/C10H9F3O2/c1-5-3-9(15)8(10(11,12)13)4-7(5)6(2)14/h3-4,15H,1-2H3. The van der Waals surface area contributed by atoms with E-state index in [1.165, 1.54) is 13.8 Å². The number of carbonyl (C=O) groups excluding carboxylic acids is 1. The van der Waals surface area contributed by atoms with E-state index in [0.717, 1.165) is 6.07 Å². The maximum atomic E-state index is 12.4. The van der Waals surface area contributed by atoms with Crippen molar-refractivity contribution in [3.63, 3.8) is 0 Å². The van der Waals surface area contributed by atoms with Gasteiger partial charge in [0.25, 0.3) is 0 Å². The number of halogens is 3. The van der Waals surface area contributed by atoms with E-state index in [2.05, 4.69) is 0 Å². The van der Waals surface area contributed by atoms with Gasteiger partial charge in [0, 0.05) is 5.56 Å². The number of phenols is 1. The Labute approximate surface area is 84.3 Å². The highest BCUT2D eigenvalue weighted by Gasteiger charge is 2.34. The lowest BCUT2D eigenvalue weighted by molar-refractivity contribution is -0.138.